The van der Waals surface area contributed by atoms with Crippen LogP contribution in [0.2, 0.25) is 0 Å². The smallest absolute Gasteiger partial charge is 0.213 e. The van der Waals surface area contributed by atoms with Gasteiger partial charge in [0, 0.05) is 52.0 Å². The molecule has 1 saturated heterocycles. The van der Waals surface area contributed by atoms with E-state index in [1.807, 2.05) is 37.5 Å². The topological polar surface area (TPSA) is 68.2 Å². The highest BCUT2D eigenvalue weighted by molar-refractivity contribution is 14.0. The van der Waals surface area contributed by atoms with E-state index in [1.54, 1.807) is 14.2 Å². The van der Waals surface area contributed by atoms with Gasteiger partial charge in [-0.15, -0.1) is 24.0 Å². The fourth-order valence-electron chi connectivity index (χ4n) is 3.44. The number of methoxy groups -OCH3 is 2. The first kappa shape index (κ1) is 24.2. The molecule has 8 heteroatoms. The number of benzene rings is 1. The van der Waals surface area contributed by atoms with Gasteiger partial charge in [0.25, 0.3) is 0 Å². The first-order valence-electron chi connectivity index (χ1n) is 9.89. The molecule has 1 fully saturated rings. The van der Waals surface area contributed by atoms with E-state index in [0.717, 1.165) is 36.8 Å². The number of hydrogen-bond donors (Lipinski definition) is 1. The summed E-state index contributed by atoms with van der Waals surface area (Å²) in [4.78, 5) is 11.1. The second kappa shape index (κ2) is 12.6. The van der Waals surface area contributed by atoms with E-state index in [4.69, 9.17) is 14.2 Å². The minimum absolute atomic E-state index is 0. The van der Waals surface area contributed by atoms with Crippen molar-refractivity contribution in [2.24, 2.45) is 4.99 Å². The number of nitrogens with one attached hydrogen (secondary N) is 1. The molecule has 1 aliphatic rings. The Balaban J connectivity index is 0.00000320. The van der Waals surface area contributed by atoms with E-state index in [-0.39, 0.29) is 24.0 Å². The highest BCUT2D eigenvalue weighted by atomic mass is 127. The summed E-state index contributed by atoms with van der Waals surface area (Å²) in [5.41, 5.74) is 2.42. The second-order valence-corrected chi connectivity index (χ2v) is 6.95. The average Bonchev–Trinajstić information content (AvgIpc) is 3.25. The maximum atomic E-state index is 5.50. The van der Waals surface area contributed by atoms with Gasteiger partial charge in [-0.2, -0.15) is 0 Å². The van der Waals surface area contributed by atoms with Crippen molar-refractivity contribution >= 4 is 29.9 Å². The lowest BCUT2D eigenvalue weighted by atomic mass is 9.98. The molecule has 2 heterocycles. The zero-order chi connectivity index (χ0) is 20.5. The van der Waals surface area contributed by atoms with Crippen LogP contribution in [0.25, 0.3) is 0 Å². The van der Waals surface area contributed by atoms with Gasteiger partial charge in [-0.25, -0.2) is 4.98 Å². The van der Waals surface area contributed by atoms with Crippen molar-refractivity contribution in [1.82, 2.24) is 15.2 Å². The van der Waals surface area contributed by atoms with Gasteiger partial charge in [0.1, 0.15) is 12.4 Å². The standard InChI is InChI=1S/C22H30N4O3.HI/c1-23-22(25-15-17-4-9-21(24-14-17)29-13-12-27-2)26-11-10-19(16-26)18-5-7-20(28-3)8-6-18;/h4-9,14,19H,10-13,15-16H2,1-3H3,(H,23,25);1H. The normalized spacial score (nSPS) is 16.2. The van der Waals surface area contributed by atoms with Crippen LogP contribution in [-0.4, -0.2) is 63.4 Å². The van der Waals surface area contributed by atoms with Gasteiger partial charge in [0.2, 0.25) is 5.88 Å². The molecule has 1 aliphatic heterocycles. The molecule has 0 amide bonds. The number of nitrogens with zero attached hydrogens (tertiary/aromatic N) is 3. The number of rotatable bonds is 8. The number of aromatic nitrogens is 1. The Morgan fingerprint density at radius 1 is 1.17 bits per heavy atom. The molecule has 1 N–H and O–H groups in total. The summed E-state index contributed by atoms with van der Waals surface area (Å²) in [6.45, 7) is 3.66. The third-order valence-corrected chi connectivity index (χ3v) is 5.07. The molecular weight excluding hydrogens is 495 g/mol. The maximum Gasteiger partial charge on any atom is 0.213 e. The van der Waals surface area contributed by atoms with Crippen LogP contribution in [0.5, 0.6) is 11.6 Å². The highest BCUT2D eigenvalue weighted by Crippen LogP contribution is 2.28. The van der Waals surface area contributed by atoms with Crippen molar-refractivity contribution in [3.8, 4) is 11.6 Å². The Kier molecular flexibility index (Phi) is 10.2. The Hall–Kier alpha value is -2.07. The predicted octanol–water partition coefficient (Wildman–Crippen LogP) is 3.30. The van der Waals surface area contributed by atoms with Crippen LogP contribution in [0.3, 0.4) is 0 Å². The number of ether oxygens (including phenoxy) is 3. The summed E-state index contributed by atoms with van der Waals surface area (Å²) in [7, 11) is 5.17. The summed E-state index contributed by atoms with van der Waals surface area (Å²) < 4.78 is 15.7. The third kappa shape index (κ3) is 6.73. The van der Waals surface area contributed by atoms with Gasteiger partial charge >= 0.3 is 0 Å². The van der Waals surface area contributed by atoms with Crippen molar-refractivity contribution in [2.45, 2.75) is 18.9 Å². The Bertz CT molecular complexity index is 784. The Morgan fingerprint density at radius 3 is 2.60 bits per heavy atom. The minimum atomic E-state index is 0. The number of aliphatic imine (C=N–C) groups is 1. The van der Waals surface area contributed by atoms with Crippen LogP contribution in [0.15, 0.2) is 47.6 Å². The van der Waals surface area contributed by atoms with Gasteiger partial charge in [-0.1, -0.05) is 18.2 Å². The van der Waals surface area contributed by atoms with Gasteiger partial charge in [0.05, 0.1) is 13.7 Å². The minimum Gasteiger partial charge on any atom is -0.497 e. The molecule has 0 saturated carbocycles. The fourth-order valence-corrected chi connectivity index (χ4v) is 3.44. The van der Waals surface area contributed by atoms with Gasteiger partial charge < -0.3 is 24.4 Å². The van der Waals surface area contributed by atoms with Crippen molar-refractivity contribution in [3.63, 3.8) is 0 Å². The quantitative estimate of drug-likeness (QED) is 0.247. The molecule has 2 aromatic rings. The number of likely N-dealkylation sites (tertiary alicyclic amines) is 1. The molecule has 1 aromatic carbocycles. The molecule has 3 rings (SSSR count). The molecule has 0 radical (unpaired) electrons. The first-order valence-corrected chi connectivity index (χ1v) is 9.89. The average molecular weight is 526 g/mol. The lowest BCUT2D eigenvalue weighted by molar-refractivity contribution is 0.143. The number of halogens is 1. The predicted molar refractivity (Wildman–Crippen MR) is 129 cm³/mol. The summed E-state index contributed by atoms with van der Waals surface area (Å²) in [5, 5.41) is 3.44. The number of guanidine groups is 1. The molecule has 7 nitrogen and oxygen atoms in total. The van der Waals surface area contributed by atoms with E-state index >= 15 is 0 Å². The molecule has 1 unspecified atom stereocenters. The van der Waals surface area contributed by atoms with Crippen LogP contribution >= 0.6 is 24.0 Å². The second-order valence-electron chi connectivity index (χ2n) is 6.95. The molecule has 0 bridgehead atoms. The van der Waals surface area contributed by atoms with Crippen molar-refractivity contribution in [3.05, 3.63) is 53.7 Å². The van der Waals surface area contributed by atoms with E-state index in [1.165, 1.54) is 5.56 Å². The summed E-state index contributed by atoms with van der Waals surface area (Å²) in [6.07, 6.45) is 2.94. The monoisotopic (exact) mass is 526 g/mol. The van der Waals surface area contributed by atoms with Gasteiger partial charge in [0.15, 0.2) is 5.96 Å². The Morgan fingerprint density at radius 2 is 1.97 bits per heavy atom. The first-order chi connectivity index (χ1) is 14.2. The summed E-state index contributed by atoms with van der Waals surface area (Å²) in [5.74, 6) is 2.92. The zero-order valence-corrected chi connectivity index (χ0v) is 20.2. The number of hydrogen-bond acceptors (Lipinski definition) is 5. The lowest BCUT2D eigenvalue weighted by Gasteiger charge is -2.22. The van der Waals surface area contributed by atoms with Crippen LogP contribution < -0.4 is 14.8 Å². The SMILES string of the molecule is CN=C(NCc1ccc(OCCOC)nc1)N1CCC(c2ccc(OC)cc2)C1.I. The fraction of sp³-hybridized carbons (Fsp3) is 0.455. The van der Waals surface area contributed by atoms with Gasteiger partial charge in [-0.3, -0.25) is 4.99 Å². The Labute approximate surface area is 195 Å². The molecule has 0 aliphatic carbocycles. The molecule has 1 aromatic heterocycles. The van der Waals surface area contributed by atoms with Crippen molar-refractivity contribution < 1.29 is 14.2 Å². The van der Waals surface area contributed by atoms with Crippen LogP contribution in [0.4, 0.5) is 0 Å². The van der Waals surface area contributed by atoms with E-state index in [0.29, 0.717) is 31.6 Å². The van der Waals surface area contributed by atoms with Gasteiger partial charge in [-0.05, 0) is 29.7 Å². The van der Waals surface area contributed by atoms with E-state index < -0.39 is 0 Å². The van der Waals surface area contributed by atoms with Crippen LogP contribution in [-0.2, 0) is 11.3 Å². The van der Waals surface area contributed by atoms with E-state index in [2.05, 4.69) is 32.3 Å². The molecule has 30 heavy (non-hydrogen) atoms. The highest BCUT2D eigenvalue weighted by Gasteiger charge is 2.26. The maximum absolute atomic E-state index is 5.50. The van der Waals surface area contributed by atoms with Crippen molar-refractivity contribution in [1.29, 1.82) is 0 Å². The molecular formula is C22H31IN4O3. The van der Waals surface area contributed by atoms with Crippen molar-refractivity contribution in [2.75, 3.05) is 47.6 Å². The van der Waals surface area contributed by atoms with E-state index in [9.17, 15) is 0 Å². The molecule has 1 atom stereocenters. The lowest BCUT2D eigenvalue weighted by Crippen LogP contribution is -2.39. The third-order valence-electron chi connectivity index (χ3n) is 5.07. The molecule has 164 valence electrons. The van der Waals surface area contributed by atoms with Crippen LogP contribution in [0, 0.1) is 0 Å². The number of pyridine rings is 1. The molecule has 0 spiro atoms. The summed E-state index contributed by atoms with van der Waals surface area (Å²) in [6, 6.07) is 12.3. The zero-order valence-electron chi connectivity index (χ0n) is 17.8. The van der Waals surface area contributed by atoms with Crippen LogP contribution in [0.1, 0.15) is 23.5 Å². The summed E-state index contributed by atoms with van der Waals surface area (Å²) >= 11 is 0. The largest absolute Gasteiger partial charge is 0.497 e.